The van der Waals surface area contributed by atoms with Crippen molar-refractivity contribution in [3.05, 3.63) is 57.8 Å². The van der Waals surface area contributed by atoms with Crippen LogP contribution in [0, 0.1) is 5.21 Å². The minimum absolute atomic E-state index is 0.605. The van der Waals surface area contributed by atoms with E-state index >= 15 is 0 Å². The van der Waals surface area contributed by atoms with Crippen molar-refractivity contribution in [1.82, 2.24) is 0 Å². The van der Waals surface area contributed by atoms with Crippen molar-refractivity contribution in [3.8, 4) is 0 Å². The second-order valence-corrected chi connectivity index (χ2v) is 6.14. The van der Waals surface area contributed by atoms with Crippen LogP contribution in [0.15, 0.2) is 52.5 Å². The largest absolute Gasteiger partial charge is 0.618 e. The predicted molar refractivity (Wildman–Crippen MR) is 73.6 cm³/mol. The Hall–Kier alpha value is -0.550. The molecule has 0 atom stereocenters. The maximum atomic E-state index is 11.4. The lowest BCUT2D eigenvalue weighted by molar-refractivity contribution is -0.645. The molecule has 0 spiro atoms. The van der Waals surface area contributed by atoms with Gasteiger partial charge in [0.2, 0.25) is 0 Å². The quantitative estimate of drug-likeness (QED) is 0.477. The normalized spacial score (nSPS) is 10.5. The van der Waals surface area contributed by atoms with Crippen molar-refractivity contribution in [2.75, 3.05) is 0 Å². The van der Waals surface area contributed by atoms with Gasteiger partial charge in [-0.2, -0.15) is 4.73 Å². The highest BCUT2D eigenvalue weighted by Gasteiger charge is 2.08. The summed E-state index contributed by atoms with van der Waals surface area (Å²) in [7, 11) is 2.75. The first kappa shape index (κ1) is 12.9. The lowest BCUT2D eigenvalue weighted by atomic mass is 10.4. The summed E-state index contributed by atoms with van der Waals surface area (Å²) >= 11 is 11.9. The third kappa shape index (κ3) is 3.45. The molecule has 1 aromatic heterocycles. The molecule has 6 heteroatoms. The van der Waals surface area contributed by atoms with Crippen LogP contribution in [0.5, 0.6) is 0 Å². The number of halogens is 2. The van der Waals surface area contributed by atoms with Crippen LogP contribution in [-0.4, -0.2) is 0 Å². The second-order valence-electron chi connectivity index (χ2n) is 3.11. The van der Waals surface area contributed by atoms with Gasteiger partial charge < -0.3 is 5.21 Å². The van der Waals surface area contributed by atoms with E-state index in [0.29, 0.717) is 15.1 Å². The summed E-state index contributed by atoms with van der Waals surface area (Å²) in [6.45, 7) is 0. The SMILES string of the molecule is [O-][n+]1ccccc1SSc1cc(Cl)ccc1Cl. The number of aromatic nitrogens is 1. The topological polar surface area (TPSA) is 26.9 Å². The molecule has 2 nitrogen and oxygen atoms in total. The van der Waals surface area contributed by atoms with Crippen LogP contribution < -0.4 is 4.73 Å². The van der Waals surface area contributed by atoms with Crippen molar-refractivity contribution in [2.24, 2.45) is 0 Å². The molecule has 0 aliphatic heterocycles. The molecule has 1 heterocycles. The minimum Gasteiger partial charge on any atom is -0.618 e. The third-order valence-corrected chi connectivity index (χ3v) is 4.96. The Morgan fingerprint density at radius 3 is 2.65 bits per heavy atom. The van der Waals surface area contributed by atoms with E-state index in [2.05, 4.69) is 0 Å². The first-order valence-corrected chi connectivity index (χ1v) is 7.55. The first-order chi connectivity index (χ1) is 8.16. The highest BCUT2D eigenvalue weighted by Crippen LogP contribution is 2.40. The van der Waals surface area contributed by atoms with Gasteiger partial charge in [-0.25, -0.2) is 0 Å². The molecule has 0 unspecified atom stereocenters. The van der Waals surface area contributed by atoms with Gasteiger partial charge in [-0.15, -0.1) is 0 Å². The van der Waals surface area contributed by atoms with Crippen LogP contribution in [0.4, 0.5) is 0 Å². The van der Waals surface area contributed by atoms with Crippen LogP contribution in [0.3, 0.4) is 0 Å². The Kier molecular flexibility index (Phi) is 4.45. The van der Waals surface area contributed by atoms with Gasteiger partial charge in [0.25, 0.3) is 5.03 Å². The van der Waals surface area contributed by atoms with E-state index in [1.54, 1.807) is 30.3 Å². The molecular weight excluding hydrogens is 297 g/mol. The monoisotopic (exact) mass is 303 g/mol. The molecular formula is C11H7Cl2NOS2. The maximum absolute atomic E-state index is 11.4. The Bertz CT molecular complexity index is 537. The van der Waals surface area contributed by atoms with Crippen LogP contribution in [0.1, 0.15) is 0 Å². The molecule has 88 valence electrons. The van der Waals surface area contributed by atoms with Crippen molar-refractivity contribution >= 4 is 44.8 Å². The molecule has 0 aliphatic carbocycles. The molecule has 0 N–H and O–H groups in total. The van der Waals surface area contributed by atoms with Gasteiger partial charge in [0, 0.05) is 32.8 Å². The van der Waals surface area contributed by atoms with Gasteiger partial charge in [0.05, 0.1) is 5.02 Å². The van der Waals surface area contributed by atoms with Crippen LogP contribution in [0.25, 0.3) is 0 Å². The number of hydrogen-bond donors (Lipinski definition) is 0. The molecule has 0 aliphatic rings. The Balaban J connectivity index is 2.12. The summed E-state index contributed by atoms with van der Waals surface area (Å²) < 4.78 is 0.816. The van der Waals surface area contributed by atoms with Crippen LogP contribution in [-0.2, 0) is 0 Å². The average Bonchev–Trinajstić information content (AvgIpc) is 2.32. The van der Waals surface area contributed by atoms with E-state index in [9.17, 15) is 5.21 Å². The van der Waals surface area contributed by atoms with E-state index in [1.165, 1.54) is 27.8 Å². The van der Waals surface area contributed by atoms with Gasteiger partial charge >= 0.3 is 0 Å². The average molecular weight is 304 g/mol. The highest BCUT2D eigenvalue weighted by molar-refractivity contribution is 8.76. The first-order valence-electron chi connectivity index (χ1n) is 4.64. The van der Waals surface area contributed by atoms with E-state index in [-0.39, 0.29) is 0 Å². The zero-order valence-corrected chi connectivity index (χ0v) is 11.6. The molecule has 0 saturated heterocycles. The fourth-order valence-electron chi connectivity index (χ4n) is 1.11. The van der Waals surface area contributed by atoms with E-state index in [4.69, 9.17) is 23.2 Å². The lowest BCUT2D eigenvalue weighted by Crippen LogP contribution is -2.27. The fraction of sp³-hybridized carbons (Fsp3) is 0. The summed E-state index contributed by atoms with van der Waals surface area (Å²) in [5.74, 6) is 0. The summed E-state index contributed by atoms with van der Waals surface area (Å²) in [4.78, 5) is 0.841. The zero-order chi connectivity index (χ0) is 12.3. The second kappa shape index (κ2) is 5.87. The standard InChI is InChI=1S/C11H7Cl2NOS2/c12-8-4-5-9(13)10(7-8)16-17-11-3-1-2-6-14(11)15/h1-7H. The maximum Gasteiger partial charge on any atom is 0.262 e. The summed E-state index contributed by atoms with van der Waals surface area (Å²) in [6, 6.07) is 10.5. The molecule has 2 aromatic rings. The van der Waals surface area contributed by atoms with Crippen molar-refractivity contribution in [3.63, 3.8) is 0 Å². The summed E-state index contributed by atoms with van der Waals surface area (Å²) in [6.07, 6.45) is 1.46. The zero-order valence-electron chi connectivity index (χ0n) is 8.47. The molecule has 0 radical (unpaired) electrons. The van der Waals surface area contributed by atoms with Gasteiger partial charge in [-0.3, -0.25) is 0 Å². The summed E-state index contributed by atoms with van der Waals surface area (Å²) in [5.41, 5.74) is 0. The van der Waals surface area contributed by atoms with Gasteiger partial charge in [-0.05, 0) is 35.1 Å². The van der Waals surface area contributed by atoms with Crippen molar-refractivity contribution in [2.45, 2.75) is 9.92 Å². The molecule has 0 bridgehead atoms. The fourth-order valence-corrected chi connectivity index (χ4v) is 3.81. The van der Waals surface area contributed by atoms with Gasteiger partial charge in [0.1, 0.15) is 0 Å². The molecule has 1 aromatic carbocycles. The minimum atomic E-state index is 0.605. The third-order valence-electron chi connectivity index (χ3n) is 1.90. The Morgan fingerprint density at radius 1 is 1.06 bits per heavy atom. The van der Waals surface area contributed by atoms with Crippen molar-refractivity contribution in [1.29, 1.82) is 0 Å². The number of pyridine rings is 1. The smallest absolute Gasteiger partial charge is 0.262 e. The summed E-state index contributed by atoms with van der Waals surface area (Å²) in [5, 5.41) is 13.3. The molecule has 2 rings (SSSR count). The number of nitrogens with zero attached hydrogens (tertiary/aromatic N) is 1. The van der Waals surface area contributed by atoms with Crippen LogP contribution in [0.2, 0.25) is 10.0 Å². The van der Waals surface area contributed by atoms with Gasteiger partial charge in [-0.1, -0.05) is 23.2 Å². The molecule has 0 saturated carbocycles. The van der Waals surface area contributed by atoms with E-state index < -0.39 is 0 Å². The molecule has 17 heavy (non-hydrogen) atoms. The highest BCUT2D eigenvalue weighted by atomic mass is 35.5. The number of benzene rings is 1. The molecule has 0 amide bonds. The Morgan fingerprint density at radius 2 is 1.88 bits per heavy atom. The Labute approximate surface area is 117 Å². The number of hydrogen-bond acceptors (Lipinski definition) is 3. The lowest BCUT2D eigenvalue weighted by Gasteiger charge is -2.04. The number of rotatable bonds is 3. The molecule has 0 fully saturated rings. The van der Waals surface area contributed by atoms with Gasteiger partial charge in [0.15, 0.2) is 6.20 Å². The van der Waals surface area contributed by atoms with Crippen LogP contribution >= 0.6 is 44.8 Å². The predicted octanol–water partition coefficient (Wildman–Crippen LogP) is 4.43. The van der Waals surface area contributed by atoms with Crippen molar-refractivity contribution < 1.29 is 4.73 Å². The van der Waals surface area contributed by atoms with E-state index in [1.807, 2.05) is 6.07 Å². The van der Waals surface area contributed by atoms with E-state index in [0.717, 1.165) is 9.63 Å².